The monoisotopic (exact) mass is 289 g/mol. The second kappa shape index (κ2) is 6.90. The number of aromatic nitrogens is 1. The van der Waals surface area contributed by atoms with Gasteiger partial charge in [0.1, 0.15) is 6.04 Å². The fourth-order valence-corrected chi connectivity index (χ4v) is 2.17. The summed E-state index contributed by atoms with van der Waals surface area (Å²) in [6.45, 7) is 0.278. The summed E-state index contributed by atoms with van der Waals surface area (Å²) in [5, 5.41) is 12.4. The zero-order valence-corrected chi connectivity index (χ0v) is 11.6. The first-order chi connectivity index (χ1) is 10.1. The van der Waals surface area contributed by atoms with Gasteiger partial charge < -0.3 is 21.1 Å². The molecule has 6 nitrogen and oxygen atoms in total. The number of amides is 1. The van der Waals surface area contributed by atoms with Crippen molar-refractivity contribution in [3.05, 3.63) is 36.0 Å². The van der Waals surface area contributed by atoms with Crippen molar-refractivity contribution in [1.29, 1.82) is 0 Å². The first kappa shape index (κ1) is 15.1. The van der Waals surface area contributed by atoms with E-state index in [1.54, 1.807) is 0 Å². The molecule has 1 unspecified atom stereocenters. The Labute approximate surface area is 122 Å². The summed E-state index contributed by atoms with van der Waals surface area (Å²) in [6.07, 6.45) is 3.15. The predicted molar refractivity (Wildman–Crippen MR) is 79.9 cm³/mol. The third-order valence-corrected chi connectivity index (χ3v) is 3.39. The van der Waals surface area contributed by atoms with E-state index in [1.807, 2.05) is 30.5 Å². The van der Waals surface area contributed by atoms with Gasteiger partial charge in [0.2, 0.25) is 5.91 Å². The molecule has 112 valence electrons. The number of carbonyl (C=O) groups is 2. The number of rotatable bonds is 7. The maximum Gasteiger partial charge on any atom is 0.320 e. The Morgan fingerprint density at radius 1 is 1.33 bits per heavy atom. The fraction of sp³-hybridized carbons (Fsp3) is 0.333. The molecule has 1 aromatic carbocycles. The lowest BCUT2D eigenvalue weighted by molar-refractivity contribution is -0.138. The largest absolute Gasteiger partial charge is 0.480 e. The minimum Gasteiger partial charge on any atom is -0.480 e. The molecule has 0 saturated heterocycles. The second-order valence-electron chi connectivity index (χ2n) is 4.94. The second-order valence-corrected chi connectivity index (χ2v) is 4.94. The molecule has 2 aromatic rings. The maximum absolute atomic E-state index is 11.7. The molecular formula is C15H19N3O3. The lowest BCUT2D eigenvalue weighted by Crippen LogP contribution is -2.35. The van der Waals surface area contributed by atoms with Crippen LogP contribution in [0.2, 0.25) is 0 Å². The SMILES string of the molecule is NC(CCNC(=O)CCc1c[nH]c2ccccc12)C(=O)O. The van der Waals surface area contributed by atoms with Gasteiger partial charge in [-0.3, -0.25) is 9.59 Å². The number of nitrogens with one attached hydrogen (secondary N) is 2. The molecule has 21 heavy (non-hydrogen) atoms. The summed E-state index contributed by atoms with van der Waals surface area (Å²) >= 11 is 0. The number of para-hydroxylation sites is 1. The maximum atomic E-state index is 11.7. The van der Waals surface area contributed by atoms with Crippen molar-refractivity contribution in [3.8, 4) is 0 Å². The summed E-state index contributed by atoms with van der Waals surface area (Å²) in [5.41, 5.74) is 7.52. The van der Waals surface area contributed by atoms with E-state index in [9.17, 15) is 9.59 Å². The van der Waals surface area contributed by atoms with Gasteiger partial charge in [0, 0.05) is 30.1 Å². The van der Waals surface area contributed by atoms with E-state index in [4.69, 9.17) is 10.8 Å². The molecule has 1 atom stereocenters. The van der Waals surface area contributed by atoms with Gasteiger partial charge in [-0.25, -0.2) is 0 Å². The number of aromatic amines is 1. The van der Waals surface area contributed by atoms with Gasteiger partial charge in [0.25, 0.3) is 0 Å². The fourth-order valence-electron chi connectivity index (χ4n) is 2.17. The highest BCUT2D eigenvalue weighted by Gasteiger charge is 2.11. The summed E-state index contributed by atoms with van der Waals surface area (Å²) in [6, 6.07) is 7.00. The number of aliphatic carboxylic acids is 1. The van der Waals surface area contributed by atoms with Gasteiger partial charge in [-0.1, -0.05) is 18.2 Å². The molecule has 1 heterocycles. The average Bonchev–Trinajstić information content (AvgIpc) is 2.88. The van der Waals surface area contributed by atoms with Gasteiger partial charge >= 0.3 is 5.97 Å². The molecular weight excluding hydrogens is 270 g/mol. The molecule has 0 radical (unpaired) electrons. The molecule has 0 saturated carbocycles. The average molecular weight is 289 g/mol. The first-order valence-corrected chi connectivity index (χ1v) is 6.88. The number of hydrogen-bond donors (Lipinski definition) is 4. The van der Waals surface area contributed by atoms with Crippen LogP contribution in [0.5, 0.6) is 0 Å². The van der Waals surface area contributed by atoms with Crippen LogP contribution in [0.15, 0.2) is 30.5 Å². The number of aryl methyl sites for hydroxylation is 1. The number of H-pyrrole nitrogens is 1. The molecule has 0 fully saturated rings. The minimum absolute atomic E-state index is 0.0992. The highest BCUT2D eigenvalue weighted by Crippen LogP contribution is 2.18. The van der Waals surface area contributed by atoms with Crippen LogP contribution >= 0.6 is 0 Å². The molecule has 0 bridgehead atoms. The molecule has 6 heteroatoms. The summed E-state index contributed by atoms with van der Waals surface area (Å²) in [7, 11) is 0. The van der Waals surface area contributed by atoms with Crippen LogP contribution < -0.4 is 11.1 Å². The van der Waals surface area contributed by atoms with E-state index in [0.717, 1.165) is 16.5 Å². The normalized spacial score (nSPS) is 12.2. The molecule has 0 aliphatic heterocycles. The van der Waals surface area contributed by atoms with E-state index >= 15 is 0 Å². The van der Waals surface area contributed by atoms with Crippen molar-refractivity contribution in [1.82, 2.24) is 10.3 Å². The number of carbonyl (C=O) groups excluding carboxylic acids is 1. The summed E-state index contributed by atoms with van der Waals surface area (Å²) < 4.78 is 0. The quantitative estimate of drug-likeness (QED) is 0.610. The molecule has 2 rings (SSSR count). The van der Waals surface area contributed by atoms with Crippen LogP contribution in [0.3, 0.4) is 0 Å². The van der Waals surface area contributed by atoms with E-state index in [1.165, 1.54) is 0 Å². The Morgan fingerprint density at radius 3 is 2.86 bits per heavy atom. The first-order valence-electron chi connectivity index (χ1n) is 6.88. The van der Waals surface area contributed by atoms with E-state index < -0.39 is 12.0 Å². The number of benzene rings is 1. The minimum atomic E-state index is -1.05. The molecule has 5 N–H and O–H groups in total. The molecule has 0 spiro atoms. The Kier molecular flexibility index (Phi) is 4.94. The smallest absolute Gasteiger partial charge is 0.320 e. The van der Waals surface area contributed by atoms with E-state index in [2.05, 4.69) is 10.3 Å². The van der Waals surface area contributed by atoms with Crippen LogP contribution in [0.25, 0.3) is 10.9 Å². The predicted octanol–water partition coefficient (Wildman–Crippen LogP) is 1.02. The van der Waals surface area contributed by atoms with Gasteiger partial charge in [-0.05, 0) is 24.5 Å². The zero-order chi connectivity index (χ0) is 15.2. The van der Waals surface area contributed by atoms with Gasteiger partial charge in [0.05, 0.1) is 0 Å². The van der Waals surface area contributed by atoms with Crippen LogP contribution in [0.1, 0.15) is 18.4 Å². The lowest BCUT2D eigenvalue weighted by Gasteiger charge is -2.07. The zero-order valence-electron chi connectivity index (χ0n) is 11.6. The number of carboxylic acids is 1. The highest BCUT2D eigenvalue weighted by molar-refractivity contribution is 5.84. The molecule has 1 amide bonds. The topological polar surface area (TPSA) is 108 Å². The standard InChI is InChI=1S/C15H19N3O3/c16-12(15(20)21)7-8-17-14(19)6-5-10-9-18-13-4-2-1-3-11(10)13/h1-4,9,12,18H,5-8,16H2,(H,17,19)(H,20,21). The number of fused-ring (bicyclic) bond motifs is 1. The van der Waals surface area contributed by atoms with E-state index in [-0.39, 0.29) is 18.9 Å². The van der Waals surface area contributed by atoms with Crippen molar-refractivity contribution in [3.63, 3.8) is 0 Å². The highest BCUT2D eigenvalue weighted by atomic mass is 16.4. The van der Waals surface area contributed by atoms with Gasteiger partial charge in [-0.15, -0.1) is 0 Å². The van der Waals surface area contributed by atoms with Crippen molar-refractivity contribution in [2.45, 2.75) is 25.3 Å². The van der Waals surface area contributed by atoms with Crippen molar-refractivity contribution < 1.29 is 14.7 Å². The summed E-state index contributed by atoms with van der Waals surface area (Å²) in [5.74, 6) is -1.15. The molecule has 1 aromatic heterocycles. The number of carboxylic acid groups (broad SMARTS) is 1. The third-order valence-electron chi connectivity index (χ3n) is 3.39. The Hall–Kier alpha value is -2.34. The van der Waals surface area contributed by atoms with Gasteiger partial charge in [0.15, 0.2) is 0 Å². The van der Waals surface area contributed by atoms with Crippen molar-refractivity contribution in [2.24, 2.45) is 5.73 Å². The lowest BCUT2D eigenvalue weighted by atomic mass is 10.1. The Balaban J connectivity index is 1.78. The van der Waals surface area contributed by atoms with E-state index in [0.29, 0.717) is 12.8 Å². The third kappa shape index (κ3) is 4.06. The van der Waals surface area contributed by atoms with Crippen LogP contribution in [0.4, 0.5) is 0 Å². The molecule has 0 aliphatic rings. The number of hydrogen-bond acceptors (Lipinski definition) is 3. The van der Waals surface area contributed by atoms with Crippen LogP contribution in [-0.4, -0.2) is 34.6 Å². The molecule has 0 aliphatic carbocycles. The van der Waals surface area contributed by atoms with Crippen molar-refractivity contribution in [2.75, 3.05) is 6.54 Å². The Bertz CT molecular complexity index is 636. The summed E-state index contributed by atoms with van der Waals surface area (Å²) in [4.78, 5) is 25.4. The van der Waals surface area contributed by atoms with Crippen LogP contribution in [-0.2, 0) is 16.0 Å². The van der Waals surface area contributed by atoms with Crippen LogP contribution in [0, 0.1) is 0 Å². The van der Waals surface area contributed by atoms with Crippen molar-refractivity contribution >= 4 is 22.8 Å². The Morgan fingerprint density at radius 2 is 2.10 bits per heavy atom. The van der Waals surface area contributed by atoms with Gasteiger partial charge in [-0.2, -0.15) is 0 Å². The number of nitrogens with two attached hydrogens (primary N) is 1.